The quantitative estimate of drug-likeness (QED) is 0.411. The number of non-ortho nitro benzene ring substituents is 1. The number of piperazine rings is 1. The zero-order valence-electron chi connectivity index (χ0n) is 18.9. The molecule has 0 radical (unpaired) electrons. The molecule has 4 rings (SSSR count). The van der Waals surface area contributed by atoms with Crippen molar-refractivity contribution in [3.63, 3.8) is 0 Å². The van der Waals surface area contributed by atoms with E-state index in [-0.39, 0.29) is 23.0 Å². The number of hydrogen-bond acceptors (Lipinski definition) is 7. The Hall–Kier alpha value is -3.72. The maximum atomic E-state index is 13.1. The molecule has 0 bridgehead atoms. The summed E-state index contributed by atoms with van der Waals surface area (Å²) in [6.07, 6.45) is 0. The van der Waals surface area contributed by atoms with Crippen LogP contribution in [0.2, 0.25) is 0 Å². The predicted octanol–water partition coefficient (Wildman–Crippen LogP) is 2.95. The van der Waals surface area contributed by atoms with Crippen LogP contribution in [0.4, 0.5) is 17.1 Å². The number of nitro groups is 1. The number of anilines is 2. The number of benzene rings is 2. The maximum absolute atomic E-state index is 13.1. The highest BCUT2D eigenvalue weighted by atomic mass is 16.6. The molecule has 0 spiro atoms. The second-order valence-corrected chi connectivity index (χ2v) is 8.59. The summed E-state index contributed by atoms with van der Waals surface area (Å²) in [5.41, 5.74) is 2.57. The average molecular weight is 450 g/mol. The largest absolute Gasteiger partial charge is 0.369 e. The van der Waals surface area contributed by atoms with Crippen molar-refractivity contribution in [3.05, 3.63) is 69.9 Å². The number of nitrogens with zero attached hydrogens (tertiary/aromatic N) is 4. The first-order valence-electron chi connectivity index (χ1n) is 10.9. The van der Waals surface area contributed by atoms with Gasteiger partial charge in [0.1, 0.15) is 5.70 Å². The smallest absolute Gasteiger partial charge is 0.278 e. The number of rotatable bonds is 6. The van der Waals surface area contributed by atoms with Crippen LogP contribution < -0.4 is 10.2 Å². The molecule has 0 aromatic heterocycles. The van der Waals surface area contributed by atoms with Crippen LogP contribution in [0.1, 0.15) is 19.4 Å². The van der Waals surface area contributed by atoms with E-state index in [1.807, 2.05) is 24.3 Å². The molecule has 9 nitrogen and oxygen atoms in total. The summed E-state index contributed by atoms with van der Waals surface area (Å²) in [7, 11) is 2.11. The summed E-state index contributed by atoms with van der Waals surface area (Å²) >= 11 is 0. The van der Waals surface area contributed by atoms with Gasteiger partial charge >= 0.3 is 0 Å². The number of carbonyl (C=O) groups excluding carboxylic acids is 2. The average Bonchev–Trinajstić information content (AvgIpc) is 3.04. The van der Waals surface area contributed by atoms with E-state index in [4.69, 9.17) is 0 Å². The first-order valence-corrected chi connectivity index (χ1v) is 10.9. The molecule has 33 heavy (non-hydrogen) atoms. The van der Waals surface area contributed by atoms with Crippen molar-refractivity contribution in [1.82, 2.24) is 9.80 Å². The normalized spacial score (nSPS) is 17.3. The SMILES string of the molecule is CC(C)N1C(=O)C(Nc2ccc(N3CCN(C)CC3)cc2)=C(c2ccc([N+](=O)[O-])cc2)C1=O. The summed E-state index contributed by atoms with van der Waals surface area (Å²) in [5, 5.41) is 14.1. The first kappa shape index (κ1) is 22.5. The third-order valence-corrected chi connectivity index (χ3v) is 6.00. The molecule has 1 fully saturated rings. The van der Waals surface area contributed by atoms with Crippen molar-refractivity contribution in [3.8, 4) is 0 Å². The zero-order valence-corrected chi connectivity index (χ0v) is 18.9. The van der Waals surface area contributed by atoms with Crippen LogP contribution in [0, 0.1) is 10.1 Å². The van der Waals surface area contributed by atoms with Crippen LogP contribution in [0.25, 0.3) is 5.57 Å². The standard InChI is InChI=1S/C24H27N5O4/c1-16(2)28-23(30)21(17-4-8-20(9-5-17)29(32)33)22(24(28)31)25-18-6-10-19(11-7-18)27-14-12-26(3)13-15-27/h4-11,16,25H,12-15H2,1-3H3. The zero-order chi connectivity index (χ0) is 23.7. The van der Waals surface area contributed by atoms with Crippen molar-refractivity contribution in [1.29, 1.82) is 0 Å². The third kappa shape index (κ3) is 4.45. The van der Waals surface area contributed by atoms with Crippen molar-refractivity contribution in [2.24, 2.45) is 0 Å². The summed E-state index contributed by atoms with van der Waals surface area (Å²) < 4.78 is 0. The van der Waals surface area contributed by atoms with E-state index in [9.17, 15) is 19.7 Å². The van der Waals surface area contributed by atoms with E-state index >= 15 is 0 Å². The lowest BCUT2D eigenvalue weighted by Gasteiger charge is -2.34. The van der Waals surface area contributed by atoms with Gasteiger partial charge in [-0.1, -0.05) is 0 Å². The lowest BCUT2D eigenvalue weighted by molar-refractivity contribution is -0.384. The van der Waals surface area contributed by atoms with E-state index in [0.717, 1.165) is 31.9 Å². The molecule has 0 aliphatic carbocycles. The molecule has 2 aliphatic rings. The lowest BCUT2D eigenvalue weighted by Crippen LogP contribution is -2.44. The van der Waals surface area contributed by atoms with Crippen LogP contribution >= 0.6 is 0 Å². The van der Waals surface area contributed by atoms with Gasteiger partial charge in [-0.2, -0.15) is 0 Å². The van der Waals surface area contributed by atoms with Crippen LogP contribution in [-0.4, -0.2) is 65.8 Å². The maximum Gasteiger partial charge on any atom is 0.278 e. The molecule has 0 atom stereocenters. The van der Waals surface area contributed by atoms with Gasteiger partial charge in [-0.05, 0) is 62.9 Å². The van der Waals surface area contributed by atoms with E-state index in [2.05, 4.69) is 22.2 Å². The summed E-state index contributed by atoms with van der Waals surface area (Å²) in [5.74, 6) is -0.827. The summed E-state index contributed by atoms with van der Waals surface area (Å²) in [6.45, 7) is 7.47. The predicted molar refractivity (Wildman–Crippen MR) is 127 cm³/mol. The Kier molecular flexibility index (Phi) is 6.15. The molecule has 2 aromatic rings. The van der Waals surface area contributed by atoms with Gasteiger partial charge in [-0.25, -0.2) is 0 Å². The molecular weight excluding hydrogens is 422 g/mol. The highest BCUT2D eigenvalue weighted by Gasteiger charge is 2.40. The number of nitro benzene ring substituents is 1. The minimum Gasteiger partial charge on any atom is -0.369 e. The highest BCUT2D eigenvalue weighted by molar-refractivity contribution is 6.36. The van der Waals surface area contributed by atoms with E-state index in [1.165, 1.54) is 29.2 Å². The molecule has 172 valence electrons. The summed E-state index contributed by atoms with van der Waals surface area (Å²) in [4.78, 5) is 42.6. The van der Waals surface area contributed by atoms with Crippen LogP contribution in [-0.2, 0) is 9.59 Å². The van der Waals surface area contributed by atoms with E-state index in [0.29, 0.717) is 11.3 Å². The number of nitrogens with one attached hydrogen (secondary N) is 1. The summed E-state index contributed by atoms with van der Waals surface area (Å²) in [6, 6.07) is 13.1. The number of imide groups is 1. The van der Waals surface area contributed by atoms with Crippen LogP contribution in [0.5, 0.6) is 0 Å². The van der Waals surface area contributed by atoms with E-state index < -0.39 is 16.7 Å². The van der Waals surface area contributed by atoms with Gasteiger partial charge in [0.25, 0.3) is 17.5 Å². The molecule has 0 saturated carbocycles. The van der Waals surface area contributed by atoms with Crippen LogP contribution in [0.3, 0.4) is 0 Å². The fraction of sp³-hybridized carbons (Fsp3) is 0.333. The molecular formula is C24H27N5O4. The van der Waals surface area contributed by atoms with Crippen LogP contribution in [0.15, 0.2) is 54.2 Å². The Morgan fingerprint density at radius 2 is 1.52 bits per heavy atom. The number of likely N-dealkylation sites (N-methyl/N-ethyl adjacent to an activating group) is 1. The lowest BCUT2D eigenvalue weighted by atomic mass is 10.0. The van der Waals surface area contributed by atoms with Gasteiger partial charge < -0.3 is 15.1 Å². The van der Waals surface area contributed by atoms with Gasteiger partial charge in [0.15, 0.2) is 0 Å². The number of hydrogen-bond donors (Lipinski definition) is 1. The van der Waals surface area contributed by atoms with Crippen molar-refractivity contribution in [2.45, 2.75) is 19.9 Å². The Bertz CT molecular complexity index is 1100. The third-order valence-electron chi connectivity index (χ3n) is 6.00. The Labute approximate surface area is 192 Å². The molecule has 2 heterocycles. The van der Waals surface area contributed by atoms with Crippen molar-refractivity contribution >= 4 is 34.4 Å². The molecule has 2 amide bonds. The molecule has 0 unspecified atom stereocenters. The molecule has 2 aliphatic heterocycles. The van der Waals surface area contributed by atoms with Gasteiger partial charge in [0.2, 0.25) is 0 Å². The minimum atomic E-state index is -0.499. The molecule has 2 aromatic carbocycles. The fourth-order valence-corrected chi connectivity index (χ4v) is 4.11. The van der Waals surface area contributed by atoms with E-state index in [1.54, 1.807) is 13.8 Å². The van der Waals surface area contributed by atoms with Gasteiger partial charge in [-0.3, -0.25) is 24.6 Å². The number of carbonyl (C=O) groups is 2. The van der Waals surface area contributed by atoms with Gasteiger partial charge in [0, 0.05) is 55.7 Å². The topological polar surface area (TPSA) is 99.0 Å². The fourth-order valence-electron chi connectivity index (χ4n) is 4.11. The molecule has 1 N–H and O–H groups in total. The second-order valence-electron chi connectivity index (χ2n) is 8.59. The highest BCUT2D eigenvalue weighted by Crippen LogP contribution is 2.33. The van der Waals surface area contributed by atoms with Gasteiger partial charge in [-0.15, -0.1) is 0 Å². The molecule has 9 heteroatoms. The Morgan fingerprint density at radius 3 is 2.06 bits per heavy atom. The Balaban J connectivity index is 1.64. The monoisotopic (exact) mass is 449 g/mol. The second kappa shape index (κ2) is 9.03. The first-order chi connectivity index (χ1) is 15.8. The number of amides is 2. The molecule has 1 saturated heterocycles. The minimum absolute atomic E-state index is 0.0779. The Morgan fingerprint density at radius 1 is 0.909 bits per heavy atom. The van der Waals surface area contributed by atoms with Crippen molar-refractivity contribution < 1.29 is 14.5 Å². The van der Waals surface area contributed by atoms with Crippen molar-refractivity contribution in [2.75, 3.05) is 43.4 Å². The van der Waals surface area contributed by atoms with Gasteiger partial charge in [0.05, 0.1) is 10.5 Å².